The predicted molar refractivity (Wildman–Crippen MR) is 78.0 cm³/mol. The summed E-state index contributed by atoms with van der Waals surface area (Å²) in [6.07, 6.45) is 3.94. The van der Waals surface area contributed by atoms with Crippen LogP contribution in [0.5, 0.6) is 0 Å². The molecule has 0 saturated carbocycles. The number of nitrogens with one attached hydrogen (secondary N) is 1. The van der Waals surface area contributed by atoms with E-state index in [1.807, 2.05) is 0 Å². The topological polar surface area (TPSA) is 18.5 Å². The number of piperazine rings is 1. The first-order valence-corrected chi connectivity index (χ1v) is 7.64. The Balaban J connectivity index is 2.04. The Hall–Kier alpha value is -0.120. The van der Waals surface area contributed by atoms with Crippen molar-refractivity contribution in [3.63, 3.8) is 0 Å². The van der Waals surface area contributed by atoms with Gasteiger partial charge in [0.2, 0.25) is 0 Å². The van der Waals surface area contributed by atoms with Gasteiger partial charge < -0.3 is 10.2 Å². The Labute approximate surface area is 113 Å². The summed E-state index contributed by atoms with van der Waals surface area (Å²) in [5.74, 6) is 0. The molecular weight excluding hydrogens is 222 g/mol. The number of piperidine rings is 1. The lowest BCUT2D eigenvalue weighted by Gasteiger charge is -2.50. The van der Waals surface area contributed by atoms with E-state index in [0.717, 1.165) is 24.7 Å². The molecule has 2 aliphatic heterocycles. The zero-order valence-electron chi connectivity index (χ0n) is 12.9. The molecule has 3 nitrogen and oxygen atoms in total. The van der Waals surface area contributed by atoms with Crippen LogP contribution >= 0.6 is 0 Å². The highest BCUT2D eigenvalue weighted by Crippen LogP contribution is 2.27. The zero-order valence-corrected chi connectivity index (χ0v) is 12.9. The van der Waals surface area contributed by atoms with Gasteiger partial charge in [0.25, 0.3) is 0 Å². The van der Waals surface area contributed by atoms with E-state index in [0.29, 0.717) is 0 Å². The molecule has 0 spiro atoms. The Bertz CT molecular complexity index is 277. The monoisotopic (exact) mass is 253 g/mol. The molecule has 2 heterocycles. The van der Waals surface area contributed by atoms with E-state index >= 15 is 0 Å². The normalized spacial score (nSPS) is 38.8. The van der Waals surface area contributed by atoms with Crippen LogP contribution in [0.3, 0.4) is 0 Å². The molecule has 0 radical (unpaired) electrons. The summed E-state index contributed by atoms with van der Waals surface area (Å²) in [7, 11) is 2.26. The van der Waals surface area contributed by atoms with E-state index in [4.69, 9.17) is 0 Å². The van der Waals surface area contributed by atoms with Gasteiger partial charge in [-0.25, -0.2) is 0 Å². The van der Waals surface area contributed by atoms with Crippen LogP contribution in [0, 0.1) is 0 Å². The van der Waals surface area contributed by atoms with Gasteiger partial charge in [-0.3, -0.25) is 4.90 Å². The maximum absolute atomic E-state index is 3.70. The molecule has 0 amide bonds. The van der Waals surface area contributed by atoms with Crippen molar-refractivity contribution < 1.29 is 0 Å². The van der Waals surface area contributed by atoms with Gasteiger partial charge in [-0.1, -0.05) is 6.92 Å². The van der Waals surface area contributed by atoms with Crippen molar-refractivity contribution in [3.8, 4) is 0 Å². The SMILES string of the molecule is CCC1CNC(C)(C)CN1C1CCN(C)C(C)C1. The summed E-state index contributed by atoms with van der Waals surface area (Å²) < 4.78 is 0. The average Bonchev–Trinajstić information content (AvgIpc) is 2.32. The summed E-state index contributed by atoms with van der Waals surface area (Å²) in [4.78, 5) is 5.31. The van der Waals surface area contributed by atoms with Gasteiger partial charge in [0.15, 0.2) is 0 Å². The average molecular weight is 253 g/mol. The maximum atomic E-state index is 3.70. The zero-order chi connectivity index (χ0) is 13.3. The Morgan fingerprint density at radius 1 is 1.33 bits per heavy atom. The van der Waals surface area contributed by atoms with Crippen molar-refractivity contribution in [3.05, 3.63) is 0 Å². The molecule has 18 heavy (non-hydrogen) atoms. The van der Waals surface area contributed by atoms with Crippen LogP contribution in [0.25, 0.3) is 0 Å². The molecule has 0 aromatic rings. The third kappa shape index (κ3) is 3.06. The summed E-state index contributed by atoms with van der Waals surface area (Å²) in [5.41, 5.74) is 0.276. The van der Waals surface area contributed by atoms with Crippen molar-refractivity contribution in [2.45, 2.75) is 70.6 Å². The molecule has 2 aliphatic rings. The Morgan fingerprint density at radius 2 is 2.06 bits per heavy atom. The van der Waals surface area contributed by atoms with Gasteiger partial charge in [0, 0.05) is 36.8 Å². The van der Waals surface area contributed by atoms with Gasteiger partial charge >= 0.3 is 0 Å². The van der Waals surface area contributed by atoms with Crippen LogP contribution in [0.2, 0.25) is 0 Å². The third-order valence-corrected chi connectivity index (χ3v) is 4.98. The predicted octanol–water partition coefficient (Wildman–Crippen LogP) is 1.93. The molecule has 1 N–H and O–H groups in total. The highest BCUT2D eigenvalue weighted by molar-refractivity contribution is 4.96. The summed E-state index contributed by atoms with van der Waals surface area (Å²) in [5, 5.41) is 3.70. The molecule has 106 valence electrons. The first-order valence-electron chi connectivity index (χ1n) is 7.64. The minimum atomic E-state index is 0.276. The van der Waals surface area contributed by atoms with Crippen LogP contribution in [-0.2, 0) is 0 Å². The van der Waals surface area contributed by atoms with Crippen molar-refractivity contribution in [2.24, 2.45) is 0 Å². The van der Waals surface area contributed by atoms with E-state index in [9.17, 15) is 0 Å². The quantitative estimate of drug-likeness (QED) is 0.811. The van der Waals surface area contributed by atoms with Crippen LogP contribution in [-0.4, -0.2) is 60.1 Å². The van der Waals surface area contributed by atoms with Crippen LogP contribution in [0.1, 0.15) is 47.0 Å². The second-order valence-corrected chi connectivity index (χ2v) is 7.01. The number of hydrogen-bond acceptors (Lipinski definition) is 3. The fourth-order valence-electron chi connectivity index (χ4n) is 3.52. The number of hydrogen-bond donors (Lipinski definition) is 1. The molecule has 2 fully saturated rings. The van der Waals surface area contributed by atoms with E-state index in [2.05, 4.69) is 49.9 Å². The number of rotatable bonds is 2. The lowest BCUT2D eigenvalue weighted by molar-refractivity contribution is 0.0125. The molecule has 3 heteroatoms. The molecule has 0 aliphatic carbocycles. The molecule has 0 aromatic carbocycles. The number of likely N-dealkylation sites (tertiary alicyclic amines) is 1. The number of nitrogens with zero attached hydrogens (tertiary/aromatic N) is 2. The first-order chi connectivity index (χ1) is 8.43. The van der Waals surface area contributed by atoms with Gasteiger partial charge in [0.1, 0.15) is 0 Å². The van der Waals surface area contributed by atoms with Gasteiger partial charge in [0.05, 0.1) is 0 Å². The van der Waals surface area contributed by atoms with E-state index in [-0.39, 0.29) is 5.54 Å². The fraction of sp³-hybridized carbons (Fsp3) is 1.00. The molecule has 2 saturated heterocycles. The van der Waals surface area contributed by atoms with Gasteiger partial charge in [-0.05, 0) is 53.6 Å². The van der Waals surface area contributed by atoms with Crippen molar-refractivity contribution in [2.75, 3.05) is 26.7 Å². The first kappa shape index (κ1) is 14.3. The van der Waals surface area contributed by atoms with E-state index < -0.39 is 0 Å². The minimum Gasteiger partial charge on any atom is -0.309 e. The summed E-state index contributed by atoms with van der Waals surface area (Å²) >= 11 is 0. The van der Waals surface area contributed by atoms with Crippen molar-refractivity contribution >= 4 is 0 Å². The molecular formula is C15H31N3. The van der Waals surface area contributed by atoms with Crippen LogP contribution in [0.4, 0.5) is 0 Å². The second-order valence-electron chi connectivity index (χ2n) is 7.01. The second kappa shape index (κ2) is 5.48. The standard InChI is InChI=1S/C15H31N3/c1-6-13-10-16-15(3,4)11-18(13)14-7-8-17(5)12(2)9-14/h12-14,16H,6-11H2,1-5H3. The highest BCUT2D eigenvalue weighted by Gasteiger charge is 2.37. The third-order valence-electron chi connectivity index (χ3n) is 4.98. The summed E-state index contributed by atoms with van der Waals surface area (Å²) in [6.45, 7) is 13.0. The highest BCUT2D eigenvalue weighted by atomic mass is 15.3. The minimum absolute atomic E-state index is 0.276. The van der Waals surface area contributed by atoms with Crippen LogP contribution < -0.4 is 5.32 Å². The lowest BCUT2D eigenvalue weighted by atomic mass is 9.90. The molecule has 3 unspecified atom stereocenters. The van der Waals surface area contributed by atoms with E-state index in [1.165, 1.54) is 32.4 Å². The van der Waals surface area contributed by atoms with Gasteiger partial charge in [-0.15, -0.1) is 0 Å². The van der Waals surface area contributed by atoms with Crippen LogP contribution in [0.15, 0.2) is 0 Å². The van der Waals surface area contributed by atoms with E-state index in [1.54, 1.807) is 0 Å². The van der Waals surface area contributed by atoms with Gasteiger partial charge in [-0.2, -0.15) is 0 Å². The smallest absolute Gasteiger partial charge is 0.0253 e. The van der Waals surface area contributed by atoms with Crippen molar-refractivity contribution in [1.29, 1.82) is 0 Å². The molecule has 2 rings (SSSR count). The fourth-order valence-corrected chi connectivity index (χ4v) is 3.52. The largest absolute Gasteiger partial charge is 0.309 e. The van der Waals surface area contributed by atoms with Crippen molar-refractivity contribution in [1.82, 2.24) is 15.1 Å². The Kier molecular flexibility index (Phi) is 4.35. The molecule has 0 aromatic heterocycles. The lowest BCUT2D eigenvalue weighted by Crippen LogP contribution is -2.65. The maximum Gasteiger partial charge on any atom is 0.0253 e. The molecule has 3 atom stereocenters. The Morgan fingerprint density at radius 3 is 2.67 bits per heavy atom. The molecule has 0 bridgehead atoms. The summed E-state index contributed by atoms with van der Waals surface area (Å²) in [6, 6.07) is 2.26.